The van der Waals surface area contributed by atoms with Gasteiger partial charge < -0.3 is 19.8 Å². The summed E-state index contributed by atoms with van der Waals surface area (Å²) < 4.78 is 26.1. The molecule has 0 atom stereocenters. The van der Waals surface area contributed by atoms with Crippen LogP contribution in [0.4, 0.5) is 21.8 Å². The van der Waals surface area contributed by atoms with E-state index in [9.17, 15) is 4.39 Å². The molecule has 10 heteroatoms. The van der Waals surface area contributed by atoms with Crippen molar-refractivity contribution in [1.82, 2.24) is 20.1 Å². The standard InChI is InChI=1S/C19H20FIN6O2/c20-15-11-13(21)1-2-16(15)24-17-12-22-4-3-14(17)18-25-26-19(29-18)23-5-6-27-7-9-28-10-8-27/h1-4,11-12,24H,5-10H2,(H,23,26). The van der Waals surface area contributed by atoms with Crippen LogP contribution in [0.3, 0.4) is 0 Å². The second kappa shape index (κ2) is 9.46. The molecule has 2 N–H and O–H groups in total. The fraction of sp³-hybridized carbons (Fsp3) is 0.316. The van der Waals surface area contributed by atoms with Gasteiger partial charge in [0, 0.05) is 35.9 Å². The van der Waals surface area contributed by atoms with Gasteiger partial charge in [0.25, 0.3) is 5.89 Å². The molecular weight excluding hydrogens is 490 g/mol. The molecular formula is C19H20FIN6O2. The number of hydrogen-bond acceptors (Lipinski definition) is 8. The number of nitrogens with one attached hydrogen (secondary N) is 2. The highest BCUT2D eigenvalue weighted by Crippen LogP contribution is 2.30. The Labute approximate surface area is 181 Å². The number of pyridine rings is 1. The maximum absolute atomic E-state index is 14.2. The summed E-state index contributed by atoms with van der Waals surface area (Å²) in [4.78, 5) is 6.43. The van der Waals surface area contributed by atoms with Crippen LogP contribution in [0, 0.1) is 9.39 Å². The van der Waals surface area contributed by atoms with Gasteiger partial charge in [-0.2, -0.15) is 0 Å². The summed E-state index contributed by atoms with van der Waals surface area (Å²) in [6.07, 6.45) is 3.23. The van der Waals surface area contributed by atoms with Crippen molar-refractivity contribution >= 4 is 40.0 Å². The number of halogens is 2. The zero-order valence-electron chi connectivity index (χ0n) is 15.6. The Morgan fingerprint density at radius 2 is 2.00 bits per heavy atom. The molecule has 0 unspecified atom stereocenters. The van der Waals surface area contributed by atoms with Gasteiger partial charge in [-0.25, -0.2) is 4.39 Å². The van der Waals surface area contributed by atoms with Crippen molar-refractivity contribution in [2.24, 2.45) is 0 Å². The number of ether oxygens (including phenoxy) is 1. The van der Waals surface area contributed by atoms with Gasteiger partial charge in [-0.05, 0) is 46.9 Å². The zero-order chi connectivity index (χ0) is 20.1. The molecule has 29 heavy (non-hydrogen) atoms. The molecule has 0 radical (unpaired) electrons. The van der Waals surface area contributed by atoms with Crippen molar-refractivity contribution in [3.8, 4) is 11.5 Å². The molecule has 0 saturated carbocycles. The van der Waals surface area contributed by atoms with E-state index in [0.29, 0.717) is 35.4 Å². The molecule has 4 rings (SSSR count). The van der Waals surface area contributed by atoms with Crippen LogP contribution < -0.4 is 10.6 Å². The van der Waals surface area contributed by atoms with Crippen molar-refractivity contribution in [2.45, 2.75) is 0 Å². The molecule has 1 saturated heterocycles. The van der Waals surface area contributed by atoms with Gasteiger partial charge in [0.15, 0.2) is 0 Å². The molecule has 0 amide bonds. The quantitative estimate of drug-likeness (QED) is 0.468. The maximum Gasteiger partial charge on any atom is 0.315 e. The molecule has 152 valence electrons. The molecule has 0 bridgehead atoms. The van der Waals surface area contributed by atoms with Crippen molar-refractivity contribution < 1.29 is 13.5 Å². The van der Waals surface area contributed by atoms with Crippen LogP contribution in [0.1, 0.15) is 0 Å². The molecule has 1 aromatic carbocycles. The Morgan fingerprint density at radius 1 is 1.14 bits per heavy atom. The molecule has 3 heterocycles. The minimum absolute atomic E-state index is 0.328. The van der Waals surface area contributed by atoms with E-state index in [4.69, 9.17) is 9.15 Å². The van der Waals surface area contributed by atoms with Crippen molar-refractivity contribution in [2.75, 3.05) is 50.0 Å². The first-order valence-corrected chi connectivity index (χ1v) is 10.3. The molecule has 1 aliphatic rings. The van der Waals surface area contributed by atoms with E-state index in [-0.39, 0.29) is 5.82 Å². The summed E-state index contributed by atoms with van der Waals surface area (Å²) in [6.45, 7) is 4.95. The average Bonchev–Trinajstić information content (AvgIpc) is 3.20. The number of rotatable bonds is 7. The Bertz CT molecular complexity index is 963. The van der Waals surface area contributed by atoms with E-state index >= 15 is 0 Å². The Balaban J connectivity index is 1.43. The van der Waals surface area contributed by atoms with Gasteiger partial charge in [-0.15, -0.1) is 5.10 Å². The van der Waals surface area contributed by atoms with Crippen molar-refractivity contribution in [3.05, 3.63) is 46.0 Å². The molecule has 0 spiro atoms. The lowest BCUT2D eigenvalue weighted by molar-refractivity contribution is 0.0398. The second-order valence-electron chi connectivity index (χ2n) is 6.46. The fourth-order valence-electron chi connectivity index (χ4n) is 2.97. The molecule has 1 aliphatic heterocycles. The highest BCUT2D eigenvalue weighted by Gasteiger charge is 2.15. The summed E-state index contributed by atoms with van der Waals surface area (Å²) in [5.41, 5.74) is 1.57. The second-order valence-corrected chi connectivity index (χ2v) is 7.71. The summed E-state index contributed by atoms with van der Waals surface area (Å²) >= 11 is 2.07. The average molecular weight is 510 g/mol. The first-order chi connectivity index (χ1) is 14.2. The SMILES string of the molecule is Fc1cc(I)ccc1Nc1cnccc1-c1nnc(NCCN2CCOCC2)o1. The number of hydrogen-bond donors (Lipinski definition) is 2. The Morgan fingerprint density at radius 3 is 2.83 bits per heavy atom. The van der Waals surface area contributed by atoms with Gasteiger partial charge in [0.1, 0.15) is 5.82 Å². The van der Waals surface area contributed by atoms with E-state index in [0.717, 1.165) is 36.4 Å². The molecule has 2 aromatic heterocycles. The van der Waals surface area contributed by atoms with Crippen LogP contribution in [-0.4, -0.2) is 59.5 Å². The summed E-state index contributed by atoms with van der Waals surface area (Å²) in [5, 5.41) is 14.4. The third kappa shape index (κ3) is 5.19. The van der Waals surface area contributed by atoms with E-state index < -0.39 is 0 Å². The topological polar surface area (TPSA) is 88.3 Å². The zero-order valence-corrected chi connectivity index (χ0v) is 17.7. The van der Waals surface area contributed by atoms with Crippen LogP contribution >= 0.6 is 22.6 Å². The predicted molar refractivity (Wildman–Crippen MR) is 116 cm³/mol. The fourth-order valence-corrected chi connectivity index (χ4v) is 3.42. The highest BCUT2D eigenvalue weighted by molar-refractivity contribution is 14.1. The smallest absolute Gasteiger partial charge is 0.315 e. The van der Waals surface area contributed by atoms with Gasteiger partial charge in [-0.3, -0.25) is 9.88 Å². The van der Waals surface area contributed by atoms with Crippen molar-refractivity contribution in [3.63, 3.8) is 0 Å². The van der Waals surface area contributed by atoms with Gasteiger partial charge in [-0.1, -0.05) is 5.10 Å². The summed E-state index contributed by atoms with van der Waals surface area (Å²) in [6, 6.07) is 7.06. The molecule has 0 aliphatic carbocycles. The largest absolute Gasteiger partial charge is 0.403 e. The number of morpholine rings is 1. The number of nitrogens with zero attached hydrogens (tertiary/aromatic N) is 4. The highest BCUT2D eigenvalue weighted by atomic mass is 127. The number of benzene rings is 1. The van der Waals surface area contributed by atoms with Crippen LogP contribution in [-0.2, 0) is 4.74 Å². The van der Waals surface area contributed by atoms with Gasteiger partial charge >= 0.3 is 6.01 Å². The summed E-state index contributed by atoms with van der Waals surface area (Å²) in [7, 11) is 0. The van der Waals surface area contributed by atoms with E-state index in [1.54, 1.807) is 24.5 Å². The lowest BCUT2D eigenvalue weighted by atomic mass is 10.2. The predicted octanol–water partition coefficient (Wildman–Crippen LogP) is 3.36. The number of aromatic nitrogens is 3. The van der Waals surface area contributed by atoms with Crippen LogP contribution in [0.5, 0.6) is 0 Å². The number of anilines is 3. The van der Waals surface area contributed by atoms with Crippen LogP contribution in [0.25, 0.3) is 11.5 Å². The maximum atomic E-state index is 14.2. The Hall–Kier alpha value is -2.31. The summed E-state index contributed by atoms with van der Waals surface area (Å²) in [5.74, 6) is -0.0163. The van der Waals surface area contributed by atoms with E-state index in [2.05, 4.69) is 53.3 Å². The third-order valence-electron chi connectivity index (χ3n) is 4.48. The minimum Gasteiger partial charge on any atom is -0.403 e. The first-order valence-electron chi connectivity index (χ1n) is 9.23. The van der Waals surface area contributed by atoms with Crippen LogP contribution in [0.15, 0.2) is 41.1 Å². The monoisotopic (exact) mass is 510 g/mol. The molecule has 3 aromatic rings. The minimum atomic E-state index is -0.345. The van der Waals surface area contributed by atoms with Gasteiger partial charge in [0.05, 0.1) is 36.3 Å². The van der Waals surface area contributed by atoms with Crippen LogP contribution in [0.2, 0.25) is 0 Å². The first kappa shape index (κ1) is 20.0. The normalized spacial score (nSPS) is 14.7. The lowest BCUT2D eigenvalue weighted by Crippen LogP contribution is -2.39. The van der Waals surface area contributed by atoms with E-state index in [1.807, 2.05) is 6.07 Å². The lowest BCUT2D eigenvalue weighted by Gasteiger charge is -2.26. The Kier molecular flexibility index (Phi) is 6.52. The van der Waals surface area contributed by atoms with Gasteiger partial charge in [0.2, 0.25) is 0 Å². The van der Waals surface area contributed by atoms with Crippen molar-refractivity contribution in [1.29, 1.82) is 0 Å². The third-order valence-corrected chi connectivity index (χ3v) is 5.16. The van der Waals surface area contributed by atoms with E-state index in [1.165, 1.54) is 6.07 Å². The molecule has 1 fully saturated rings. The molecule has 8 nitrogen and oxygen atoms in total.